The fourth-order valence-corrected chi connectivity index (χ4v) is 9.21. The van der Waals surface area contributed by atoms with E-state index in [-0.39, 0.29) is 94.0 Å². The fourth-order valence-electron chi connectivity index (χ4n) is 8.26. The first kappa shape index (κ1) is 36.0. The van der Waals surface area contributed by atoms with Gasteiger partial charge in [-0.15, -0.1) is 11.3 Å². The van der Waals surface area contributed by atoms with E-state index >= 15 is 17.6 Å². The molecule has 3 fully saturated rings. The van der Waals surface area contributed by atoms with Crippen molar-refractivity contribution in [2.45, 2.75) is 70.4 Å². The molecular formula is C36H37F6N7O2S. The Bertz CT molecular complexity index is 2120. The van der Waals surface area contributed by atoms with E-state index in [4.69, 9.17) is 10.5 Å². The van der Waals surface area contributed by atoms with Gasteiger partial charge in [-0.2, -0.15) is 28.4 Å². The first-order valence-corrected chi connectivity index (χ1v) is 18.1. The van der Waals surface area contributed by atoms with Crippen LogP contribution in [0.1, 0.15) is 57.6 Å². The number of alkyl halides is 4. The summed E-state index contributed by atoms with van der Waals surface area (Å²) < 4.78 is 98.0. The van der Waals surface area contributed by atoms with Gasteiger partial charge in [0.05, 0.1) is 21.4 Å². The summed E-state index contributed by atoms with van der Waals surface area (Å²) in [6.07, 6.45) is -3.96. The number of benzene rings is 2. The van der Waals surface area contributed by atoms with Crippen molar-refractivity contribution in [1.82, 2.24) is 19.8 Å². The van der Waals surface area contributed by atoms with Gasteiger partial charge in [-0.1, -0.05) is 19.9 Å². The van der Waals surface area contributed by atoms with Crippen LogP contribution in [0.2, 0.25) is 0 Å². The second-order valence-corrected chi connectivity index (χ2v) is 15.2. The maximum Gasteiger partial charge on any atom is 0.417 e. The van der Waals surface area contributed by atoms with E-state index in [9.17, 15) is 18.8 Å². The van der Waals surface area contributed by atoms with Crippen molar-refractivity contribution in [3.8, 4) is 23.2 Å². The number of anilines is 2. The van der Waals surface area contributed by atoms with Crippen LogP contribution in [0.3, 0.4) is 0 Å². The van der Waals surface area contributed by atoms with Crippen LogP contribution in [0, 0.1) is 28.9 Å². The third-order valence-corrected chi connectivity index (χ3v) is 11.7. The quantitative estimate of drug-likeness (QED) is 0.187. The van der Waals surface area contributed by atoms with Gasteiger partial charge in [0.25, 0.3) is 0 Å². The Morgan fingerprint density at radius 2 is 2.00 bits per heavy atom. The largest absolute Gasteiger partial charge is 0.461 e. The van der Waals surface area contributed by atoms with Crippen LogP contribution < -0.4 is 15.4 Å². The number of nitrogen functional groups attached to an aromatic ring is 1. The second-order valence-electron chi connectivity index (χ2n) is 14.1. The molecule has 3 aliphatic heterocycles. The molecule has 3 atom stereocenters. The molecule has 7 rings (SSSR count). The minimum Gasteiger partial charge on any atom is -0.461 e. The molecule has 0 spiro atoms. The Labute approximate surface area is 299 Å². The minimum absolute atomic E-state index is 0.0143. The van der Waals surface area contributed by atoms with E-state index in [2.05, 4.69) is 9.97 Å². The molecule has 0 saturated carbocycles. The van der Waals surface area contributed by atoms with E-state index in [1.165, 1.54) is 0 Å². The zero-order chi connectivity index (χ0) is 37.3. The molecule has 2 aromatic heterocycles. The Morgan fingerprint density at radius 3 is 2.69 bits per heavy atom. The number of hydrogen-bond acceptors (Lipinski definition) is 9. The summed E-state index contributed by atoms with van der Waals surface area (Å²) in [5.74, 6) is -2.54. The Hall–Kier alpha value is -4.36. The van der Waals surface area contributed by atoms with Crippen LogP contribution in [-0.2, 0) is 11.0 Å². The number of rotatable bonds is 8. The summed E-state index contributed by atoms with van der Waals surface area (Å²) in [5, 5.41) is 9.25. The van der Waals surface area contributed by atoms with Gasteiger partial charge in [-0.3, -0.25) is 9.69 Å². The predicted octanol–water partition coefficient (Wildman–Crippen LogP) is 7.30. The number of likely N-dealkylation sites (N-methyl/N-ethyl adjacent to an activating group) is 1. The highest BCUT2D eigenvalue weighted by molar-refractivity contribution is 7.23. The van der Waals surface area contributed by atoms with Gasteiger partial charge in [0, 0.05) is 60.9 Å². The van der Waals surface area contributed by atoms with Gasteiger partial charge in [-0.05, 0) is 50.4 Å². The van der Waals surface area contributed by atoms with E-state index in [1.54, 1.807) is 30.6 Å². The van der Waals surface area contributed by atoms with Crippen molar-refractivity contribution in [1.29, 1.82) is 5.26 Å². The SMILES string of the molecule is CCN(c1nc(OC[C@@]23CCCN2C[C@H](F)C3)nc2c(F)c(-c3ccc(F)c4sc(N)c(C#N)c34)c(C(F)(F)F)cc12)[C@H]1CCN(C(=O)C(C)C)C1. The first-order valence-electron chi connectivity index (χ1n) is 17.3. The maximum absolute atomic E-state index is 17.2. The predicted molar refractivity (Wildman–Crippen MR) is 186 cm³/mol. The molecule has 3 saturated heterocycles. The van der Waals surface area contributed by atoms with E-state index in [0.29, 0.717) is 37.3 Å². The number of aromatic nitrogens is 2. The lowest BCUT2D eigenvalue weighted by molar-refractivity contribution is -0.137. The van der Waals surface area contributed by atoms with Crippen molar-refractivity contribution < 1.29 is 35.9 Å². The van der Waals surface area contributed by atoms with Crippen LogP contribution in [-0.4, -0.2) is 82.8 Å². The number of nitrogens with zero attached hydrogens (tertiary/aromatic N) is 6. The Kier molecular flexibility index (Phi) is 9.17. The summed E-state index contributed by atoms with van der Waals surface area (Å²) >= 11 is 0.683. The first-order chi connectivity index (χ1) is 24.7. The maximum atomic E-state index is 17.2. The molecule has 4 aromatic rings. The summed E-state index contributed by atoms with van der Waals surface area (Å²) in [5.41, 5.74) is 1.92. The van der Waals surface area contributed by atoms with Gasteiger partial charge in [0.2, 0.25) is 5.91 Å². The van der Waals surface area contributed by atoms with Crippen molar-refractivity contribution in [2.24, 2.45) is 5.92 Å². The average Bonchev–Trinajstić information content (AvgIpc) is 3.86. The molecular weight excluding hydrogens is 708 g/mol. The molecule has 0 aliphatic carbocycles. The van der Waals surface area contributed by atoms with Crippen molar-refractivity contribution in [2.75, 3.05) is 50.0 Å². The third-order valence-electron chi connectivity index (χ3n) is 10.6. The van der Waals surface area contributed by atoms with Crippen molar-refractivity contribution in [3.63, 3.8) is 0 Å². The third kappa shape index (κ3) is 5.95. The molecule has 0 radical (unpaired) electrons. The normalized spacial score (nSPS) is 22.1. The molecule has 0 bridgehead atoms. The van der Waals surface area contributed by atoms with Crippen molar-refractivity contribution in [3.05, 3.63) is 41.0 Å². The molecule has 276 valence electrons. The van der Waals surface area contributed by atoms with Crippen LogP contribution in [0.5, 0.6) is 6.01 Å². The lowest BCUT2D eigenvalue weighted by Gasteiger charge is -2.32. The lowest BCUT2D eigenvalue weighted by atomic mass is 9.92. The summed E-state index contributed by atoms with van der Waals surface area (Å²) in [6, 6.07) is 3.85. The van der Waals surface area contributed by atoms with Gasteiger partial charge in [-0.25, -0.2) is 13.2 Å². The van der Waals surface area contributed by atoms with E-state index in [1.807, 2.05) is 11.0 Å². The fraction of sp³-hybridized carbons (Fsp3) is 0.500. The number of hydrogen-bond donors (Lipinski definition) is 1. The molecule has 3 aliphatic rings. The Balaban J connectivity index is 1.44. The lowest BCUT2D eigenvalue weighted by Crippen LogP contribution is -2.43. The van der Waals surface area contributed by atoms with Crippen molar-refractivity contribution >= 4 is 49.1 Å². The van der Waals surface area contributed by atoms with Crippen LogP contribution >= 0.6 is 11.3 Å². The molecule has 2 N–H and O–H groups in total. The zero-order valence-electron chi connectivity index (χ0n) is 28.8. The number of nitrogens with two attached hydrogens (primary N) is 1. The Morgan fingerprint density at radius 1 is 1.23 bits per heavy atom. The second kappa shape index (κ2) is 13.2. The number of fused-ring (bicyclic) bond motifs is 3. The monoisotopic (exact) mass is 745 g/mol. The molecule has 1 amide bonds. The van der Waals surface area contributed by atoms with Gasteiger partial charge >= 0.3 is 12.2 Å². The topological polar surface area (TPSA) is 112 Å². The standard InChI is InChI=1S/C36H37F6N7O2S/c1-4-49(20-8-11-47(16-20)33(50)18(2)3)32-22-12-24(36(40,41)42)27(21-6-7-25(38)30-26(21)23(14-43)31(44)52-30)28(39)29(22)45-34(46-32)51-17-35-9-5-10-48(35)15-19(37)13-35/h6-7,12,18-20H,4-5,8-11,13,15-17,44H2,1-3H3/t19-,20+,35+/m1/s1. The number of amides is 1. The molecule has 16 heteroatoms. The zero-order valence-corrected chi connectivity index (χ0v) is 29.6. The highest BCUT2D eigenvalue weighted by Crippen LogP contribution is 2.48. The number of halogens is 6. The summed E-state index contributed by atoms with van der Waals surface area (Å²) in [7, 11) is 0. The number of thiophene rings is 1. The average molecular weight is 746 g/mol. The van der Waals surface area contributed by atoms with E-state index < -0.39 is 46.2 Å². The molecule has 5 heterocycles. The molecule has 0 unspecified atom stereocenters. The molecule has 2 aromatic carbocycles. The highest BCUT2D eigenvalue weighted by Gasteiger charge is 2.49. The van der Waals surface area contributed by atoms with Gasteiger partial charge in [0.1, 0.15) is 41.0 Å². The summed E-state index contributed by atoms with van der Waals surface area (Å²) in [6.45, 7) is 7.22. The number of nitriles is 1. The summed E-state index contributed by atoms with van der Waals surface area (Å²) in [4.78, 5) is 27.3. The number of carbonyl (C=O) groups is 1. The van der Waals surface area contributed by atoms with E-state index in [0.717, 1.165) is 24.6 Å². The molecule has 52 heavy (non-hydrogen) atoms. The van der Waals surface area contributed by atoms with Gasteiger partial charge in [0.15, 0.2) is 5.82 Å². The number of carbonyl (C=O) groups excluding carboxylic acids is 1. The number of likely N-dealkylation sites (tertiary alicyclic amines) is 1. The van der Waals surface area contributed by atoms with Gasteiger partial charge < -0.3 is 20.3 Å². The van der Waals surface area contributed by atoms with Crippen LogP contribution in [0.15, 0.2) is 18.2 Å². The van der Waals surface area contributed by atoms with Crippen LogP contribution in [0.4, 0.5) is 37.2 Å². The van der Waals surface area contributed by atoms with Crippen LogP contribution in [0.25, 0.3) is 32.1 Å². The minimum atomic E-state index is -5.12. The highest BCUT2D eigenvalue weighted by atomic mass is 32.1. The number of ether oxygens (including phenoxy) is 1. The smallest absolute Gasteiger partial charge is 0.417 e. The molecule has 9 nitrogen and oxygen atoms in total.